The Labute approximate surface area is 104 Å². The molecule has 0 heterocycles. The molecular weight excluding hydrogens is 276 g/mol. The zero-order chi connectivity index (χ0) is 13.9. The summed E-state index contributed by atoms with van der Waals surface area (Å²) in [6, 6.07) is 0. The quantitative estimate of drug-likeness (QED) is 0.521. The van der Waals surface area contributed by atoms with Crippen molar-refractivity contribution in [3.05, 3.63) is 40.5 Å². The Balaban J connectivity index is 3.44. The summed E-state index contributed by atoms with van der Waals surface area (Å²) >= 11 is 5.31. The zero-order valence-corrected chi connectivity index (χ0v) is 9.57. The number of carboxylic acids is 1. The lowest BCUT2D eigenvalue weighted by atomic mass is 10.1. The van der Waals surface area contributed by atoms with Crippen LogP contribution in [0.3, 0.4) is 0 Å². The van der Waals surface area contributed by atoms with E-state index in [0.29, 0.717) is 0 Å². The van der Waals surface area contributed by atoms with E-state index in [9.17, 15) is 22.4 Å². The number of aromatic carboxylic acids is 1. The van der Waals surface area contributed by atoms with E-state index >= 15 is 0 Å². The van der Waals surface area contributed by atoms with E-state index in [1.54, 1.807) is 0 Å². The van der Waals surface area contributed by atoms with Crippen molar-refractivity contribution in [2.45, 2.75) is 6.42 Å². The van der Waals surface area contributed by atoms with Crippen LogP contribution in [0.2, 0.25) is 0 Å². The van der Waals surface area contributed by atoms with Gasteiger partial charge in [0.1, 0.15) is 5.56 Å². The molecule has 1 rings (SSSR count). The summed E-state index contributed by atoms with van der Waals surface area (Å²) in [6.45, 7) is 0. The van der Waals surface area contributed by atoms with Crippen LogP contribution in [0.1, 0.15) is 22.3 Å². The highest BCUT2D eigenvalue weighted by atomic mass is 35.5. The molecule has 0 saturated carbocycles. The molecule has 7 heteroatoms. The van der Waals surface area contributed by atoms with Gasteiger partial charge in [-0.3, -0.25) is 0 Å². The fourth-order valence-electron chi connectivity index (χ4n) is 1.25. The molecule has 0 aliphatic carbocycles. The normalized spacial score (nSPS) is 11.2. The molecule has 2 nitrogen and oxygen atoms in total. The fraction of sp³-hybridized carbons (Fsp3) is 0.182. The minimum absolute atomic E-state index is 0.165. The first kappa shape index (κ1) is 14.5. The van der Waals surface area contributed by atoms with Crippen molar-refractivity contribution in [1.29, 1.82) is 0 Å². The van der Waals surface area contributed by atoms with Gasteiger partial charge >= 0.3 is 5.97 Å². The van der Waals surface area contributed by atoms with Gasteiger partial charge in [-0.1, -0.05) is 12.2 Å². The van der Waals surface area contributed by atoms with Crippen LogP contribution < -0.4 is 0 Å². The second-order valence-electron chi connectivity index (χ2n) is 3.23. The zero-order valence-electron chi connectivity index (χ0n) is 8.81. The number of alkyl halides is 1. The molecule has 1 aromatic carbocycles. The van der Waals surface area contributed by atoms with Gasteiger partial charge in [-0.05, 0) is 6.42 Å². The van der Waals surface area contributed by atoms with Crippen LogP contribution in [0.15, 0.2) is 6.08 Å². The Morgan fingerprint density at radius 2 is 1.61 bits per heavy atom. The third-order valence-electron chi connectivity index (χ3n) is 2.07. The van der Waals surface area contributed by atoms with Gasteiger partial charge in [-0.25, -0.2) is 22.4 Å². The van der Waals surface area contributed by atoms with E-state index in [4.69, 9.17) is 16.7 Å². The molecular formula is C11H7ClF4O2. The largest absolute Gasteiger partial charge is 0.477 e. The molecule has 0 aliphatic rings. The number of hydrogen-bond donors (Lipinski definition) is 1. The molecule has 0 saturated heterocycles. The lowest BCUT2D eigenvalue weighted by molar-refractivity contribution is 0.0683. The summed E-state index contributed by atoms with van der Waals surface area (Å²) < 4.78 is 53.2. The van der Waals surface area contributed by atoms with Gasteiger partial charge < -0.3 is 5.11 Å². The summed E-state index contributed by atoms with van der Waals surface area (Å²) in [5.74, 6) is -9.30. The van der Waals surface area contributed by atoms with E-state index < -0.39 is 40.4 Å². The van der Waals surface area contributed by atoms with E-state index in [-0.39, 0.29) is 12.3 Å². The molecule has 18 heavy (non-hydrogen) atoms. The summed E-state index contributed by atoms with van der Waals surface area (Å²) in [5, 5.41) is 8.45. The van der Waals surface area contributed by atoms with Crippen LogP contribution in [-0.4, -0.2) is 17.0 Å². The minimum Gasteiger partial charge on any atom is -0.477 e. The van der Waals surface area contributed by atoms with E-state index in [2.05, 4.69) is 0 Å². The van der Waals surface area contributed by atoms with Crippen LogP contribution in [0, 0.1) is 23.3 Å². The van der Waals surface area contributed by atoms with Crippen molar-refractivity contribution in [1.82, 2.24) is 0 Å². The first-order valence-corrected chi connectivity index (χ1v) is 5.27. The van der Waals surface area contributed by atoms with Crippen molar-refractivity contribution in [3.63, 3.8) is 0 Å². The van der Waals surface area contributed by atoms with Crippen LogP contribution in [0.5, 0.6) is 0 Å². The first-order valence-electron chi connectivity index (χ1n) is 4.73. The third kappa shape index (κ3) is 2.64. The van der Waals surface area contributed by atoms with Crippen molar-refractivity contribution in [2.75, 3.05) is 5.88 Å². The Bertz CT molecular complexity index is 485. The third-order valence-corrected chi connectivity index (χ3v) is 2.29. The first-order chi connectivity index (χ1) is 8.41. The summed E-state index contributed by atoms with van der Waals surface area (Å²) in [5.41, 5.74) is -2.63. The topological polar surface area (TPSA) is 37.3 Å². The van der Waals surface area contributed by atoms with E-state index in [0.717, 1.165) is 6.08 Å². The molecule has 0 aromatic heterocycles. The molecule has 0 aliphatic heterocycles. The molecule has 0 amide bonds. The minimum atomic E-state index is -2.08. The van der Waals surface area contributed by atoms with E-state index in [1.165, 1.54) is 6.08 Å². The smallest absolute Gasteiger partial charge is 0.341 e. The Morgan fingerprint density at radius 1 is 1.11 bits per heavy atom. The lowest BCUT2D eigenvalue weighted by Crippen LogP contribution is -2.11. The maximum atomic E-state index is 13.4. The van der Waals surface area contributed by atoms with E-state index in [1.807, 2.05) is 0 Å². The van der Waals surface area contributed by atoms with Crippen LogP contribution in [-0.2, 0) is 0 Å². The summed E-state index contributed by atoms with van der Waals surface area (Å²) in [7, 11) is 0. The second kappa shape index (κ2) is 5.86. The number of rotatable bonds is 4. The number of carbonyl (C=O) groups is 1. The maximum Gasteiger partial charge on any atom is 0.341 e. The molecule has 98 valence electrons. The summed E-state index contributed by atoms with van der Waals surface area (Å²) in [4.78, 5) is 10.5. The number of benzene rings is 1. The highest BCUT2D eigenvalue weighted by Crippen LogP contribution is 2.25. The van der Waals surface area contributed by atoms with Gasteiger partial charge in [0.25, 0.3) is 0 Å². The molecule has 0 bridgehead atoms. The number of allylic oxidation sites excluding steroid dienone is 1. The summed E-state index contributed by atoms with van der Waals surface area (Å²) in [6.07, 6.45) is 2.27. The van der Waals surface area contributed by atoms with Crippen LogP contribution in [0.25, 0.3) is 6.08 Å². The fourth-order valence-corrected chi connectivity index (χ4v) is 1.37. The lowest BCUT2D eigenvalue weighted by Gasteiger charge is -2.06. The predicted octanol–water partition coefficient (Wildman–Crippen LogP) is 3.58. The number of halogens is 5. The Kier molecular flexibility index (Phi) is 4.72. The van der Waals surface area contributed by atoms with Gasteiger partial charge in [0.15, 0.2) is 23.3 Å². The van der Waals surface area contributed by atoms with Gasteiger partial charge in [0, 0.05) is 5.88 Å². The molecule has 0 unspecified atom stereocenters. The predicted molar refractivity (Wildman–Crippen MR) is 57.6 cm³/mol. The standard InChI is InChI=1S/C11H7ClF4O2/c12-4-2-1-3-5-7(13)9(15)6(11(17)18)10(16)8(5)14/h1,3H,2,4H2,(H,17,18). The van der Waals surface area contributed by atoms with Gasteiger partial charge in [-0.15, -0.1) is 11.6 Å². The average molecular weight is 283 g/mol. The van der Waals surface area contributed by atoms with Crippen molar-refractivity contribution in [3.8, 4) is 0 Å². The molecule has 0 radical (unpaired) electrons. The highest BCUT2D eigenvalue weighted by molar-refractivity contribution is 6.17. The molecule has 1 N–H and O–H groups in total. The molecule has 1 aromatic rings. The van der Waals surface area contributed by atoms with Crippen molar-refractivity contribution in [2.24, 2.45) is 0 Å². The average Bonchev–Trinajstić information content (AvgIpc) is 2.31. The monoisotopic (exact) mass is 282 g/mol. The number of hydrogen-bond acceptors (Lipinski definition) is 1. The molecule has 0 atom stereocenters. The SMILES string of the molecule is O=C(O)c1c(F)c(F)c(C=CCCCl)c(F)c1F. The van der Waals surface area contributed by atoms with Gasteiger partial charge in [0.2, 0.25) is 0 Å². The van der Waals surface area contributed by atoms with Crippen LogP contribution >= 0.6 is 11.6 Å². The highest BCUT2D eigenvalue weighted by Gasteiger charge is 2.27. The molecule has 0 fully saturated rings. The Morgan fingerprint density at radius 3 is 2.00 bits per heavy atom. The maximum absolute atomic E-state index is 13.4. The van der Waals surface area contributed by atoms with Crippen molar-refractivity contribution >= 4 is 23.6 Å². The number of carboxylic acid groups (broad SMARTS) is 1. The van der Waals surface area contributed by atoms with Gasteiger partial charge in [0.05, 0.1) is 5.56 Å². The van der Waals surface area contributed by atoms with Crippen LogP contribution in [0.4, 0.5) is 17.6 Å². The Hall–Kier alpha value is -1.56. The van der Waals surface area contributed by atoms with Gasteiger partial charge in [-0.2, -0.15) is 0 Å². The molecule has 0 spiro atoms. The second-order valence-corrected chi connectivity index (χ2v) is 3.61. The van der Waals surface area contributed by atoms with Crippen molar-refractivity contribution < 1.29 is 27.5 Å².